The lowest BCUT2D eigenvalue weighted by atomic mass is 9.88. The van der Waals surface area contributed by atoms with Crippen LogP contribution in [0.1, 0.15) is 45.9 Å². The summed E-state index contributed by atoms with van der Waals surface area (Å²) in [4.78, 5) is 24.1. The number of phenolic OH excluding ortho intramolecular Hbond substituents is 1. The van der Waals surface area contributed by atoms with Crippen molar-refractivity contribution in [1.29, 1.82) is 0 Å². The van der Waals surface area contributed by atoms with Gasteiger partial charge in [0.25, 0.3) is 5.56 Å². The lowest BCUT2D eigenvalue weighted by Gasteiger charge is -2.43. The van der Waals surface area contributed by atoms with Crippen LogP contribution in [0, 0.1) is 0 Å². The summed E-state index contributed by atoms with van der Waals surface area (Å²) in [5.74, 6) is 0.922. The zero-order chi connectivity index (χ0) is 23.6. The summed E-state index contributed by atoms with van der Waals surface area (Å²) in [5, 5.41) is 10.6. The number of phenols is 1. The van der Waals surface area contributed by atoms with Gasteiger partial charge in [-0.15, -0.1) is 0 Å². The third kappa shape index (κ3) is 4.34. The maximum atomic E-state index is 13.9. The first-order chi connectivity index (χ1) is 15.9. The number of para-hydroxylation sites is 1. The van der Waals surface area contributed by atoms with Crippen LogP contribution < -0.4 is 5.56 Å². The van der Waals surface area contributed by atoms with Gasteiger partial charge in [-0.05, 0) is 78.6 Å². The molecule has 7 heteroatoms. The van der Waals surface area contributed by atoms with E-state index in [1.54, 1.807) is 22.8 Å². The van der Waals surface area contributed by atoms with E-state index in [0.29, 0.717) is 15.5 Å². The van der Waals surface area contributed by atoms with Crippen molar-refractivity contribution in [2.45, 2.75) is 45.6 Å². The molecule has 1 fully saturated rings. The summed E-state index contributed by atoms with van der Waals surface area (Å²) in [5.41, 5.74) is 0.949. The van der Waals surface area contributed by atoms with Crippen molar-refractivity contribution in [3.63, 3.8) is 0 Å². The molecule has 3 aromatic rings. The molecule has 0 radical (unpaired) electrons. The molecule has 1 aliphatic rings. The fourth-order valence-electron chi connectivity index (χ4n) is 5.22. The third-order valence-corrected chi connectivity index (χ3v) is 7.81. The monoisotopic (exact) mass is 512 g/mol. The van der Waals surface area contributed by atoms with Crippen molar-refractivity contribution < 1.29 is 5.11 Å². The molecule has 33 heavy (non-hydrogen) atoms. The maximum absolute atomic E-state index is 13.9. The standard InChI is InChI=1S/C26H33BrN4O2/c1-4-26(5-2,30-15-9-14-29(6-3)16-17-30)25-28-22-11-8-7-10-20(22)24(33)31(25)23-13-12-19(32)18-21(23)27/h7-8,10-13,18,32H,4-6,9,14-17H2,1-3H3. The number of hydrogen-bond acceptors (Lipinski definition) is 5. The Bertz CT molecular complexity index is 1190. The number of aromatic nitrogens is 2. The number of hydrogen-bond donors (Lipinski definition) is 1. The van der Waals surface area contributed by atoms with Gasteiger partial charge < -0.3 is 10.0 Å². The molecule has 1 aliphatic heterocycles. The number of benzene rings is 2. The number of likely N-dealkylation sites (N-methyl/N-ethyl adjacent to an activating group) is 1. The molecule has 0 unspecified atom stereocenters. The molecular formula is C26H33BrN4O2. The molecule has 0 atom stereocenters. The molecule has 6 nitrogen and oxygen atoms in total. The van der Waals surface area contributed by atoms with Gasteiger partial charge in [0.05, 0.1) is 22.1 Å². The van der Waals surface area contributed by atoms with E-state index in [-0.39, 0.29) is 16.8 Å². The molecule has 0 bridgehead atoms. The SMILES string of the molecule is CCN1CCCN(C(CC)(CC)c2nc3ccccc3c(=O)n2-c2ccc(O)cc2Br)CC1. The van der Waals surface area contributed by atoms with Crippen molar-refractivity contribution in [2.75, 3.05) is 32.7 Å². The minimum Gasteiger partial charge on any atom is -0.508 e. The molecule has 4 rings (SSSR count). The van der Waals surface area contributed by atoms with Crippen LogP contribution in [-0.2, 0) is 5.54 Å². The fourth-order valence-corrected chi connectivity index (χ4v) is 5.76. The smallest absolute Gasteiger partial charge is 0.266 e. The van der Waals surface area contributed by atoms with E-state index < -0.39 is 0 Å². The average molecular weight is 513 g/mol. The highest BCUT2D eigenvalue weighted by Gasteiger charge is 2.40. The molecule has 1 N–H and O–H groups in total. The number of fused-ring (bicyclic) bond motifs is 1. The van der Waals surface area contributed by atoms with Crippen molar-refractivity contribution in [3.05, 3.63) is 63.1 Å². The lowest BCUT2D eigenvalue weighted by molar-refractivity contribution is 0.0686. The Morgan fingerprint density at radius 3 is 2.48 bits per heavy atom. The Kier molecular flexibility index (Phi) is 7.22. The summed E-state index contributed by atoms with van der Waals surface area (Å²) in [7, 11) is 0. The van der Waals surface area contributed by atoms with Gasteiger partial charge in [-0.1, -0.05) is 32.9 Å². The summed E-state index contributed by atoms with van der Waals surface area (Å²) < 4.78 is 2.43. The Labute approximate surface area is 204 Å². The van der Waals surface area contributed by atoms with Crippen molar-refractivity contribution in [3.8, 4) is 11.4 Å². The molecule has 176 valence electrons. The fraction of sp³-hybridized carbons (Fsp3) is 0.462. The van der Waals surface area contributed by atoms with Gasteiger partial charge in [0.2, 0.25) is 0 Å². The van der Waals surface area contributed by atoms with Crippen LogP contribution in [0.15, 0.2) is 51.7 Å². The number of rotatable bonds is 6. The zero-order valence-corrected chi connectivity index (χ0v) is 21.3. The summed E-state index contributed by atoms with van der Waals surface area (Å²) in [6, 6.07) is 12.6. The average Bonchev–Trinajstić information content (AvgIpc) is 3.08. The first kappa shape index (κ1) is 23.9. The number of nitrogens with zero attached hydrogens (tertiary/aromatic N) is 4. The van der Waals surface area contributed by atoms with Gasteiger partial charge in [0, 0.05) is 24.1 Å². The molecule has 2 aromatic carbocycles. The van der Waals surface area contributed by atoms with Crippen LogP contribution in [0.2, 0.25) is 0 Å². The van der Waals surface area contributed by atoms with E-state index >= 15 is 0 Å². The topological polar surface area (TPSA) is 61.6 Å². The lowest BCUT2D eigenvalue weighted by Crippen LogP contribution is -2.50. The van der Waals surface area contributed by atoms with Crippen LogP contribution in [0.25, 0.3) is 16.6 Å². The molecular weight excluding hydrogens is 480 g/mol. The van der Waals surface area contributed by atoms with Gasteiger partial charge >= 0.3 is 0 Å². The van der Waals surface area contributed by atoms with Crippen LogP contribution >= 0.6 is 15.9 Å². The molecule has 0 aliphatic carbocycles. The van der Waals surface area contributed by atoms with E-state index in [9.17, 15) is 9.90 Å². The molecule has 0 amide bonds. The Hall–Kier alpha value is -2.22. The van der Waals surface area contributed by atoms with Gasteiger partial charge in [-0.3, -0.25) is 14.3 Å². The predicted molar refractivity (Wildman–Crippen MR) is 137 cm³/mol. The Morgan fingerprint density at radius 2 is 1.79 bits per heavy atom. The second-order valence-electron chi connectivity index (χ2n) is 8.74. The summed E-state index contributed by atoms with van der Waals surface area (Å²) in [6.45, 7) is 11.7. The molecule has 0 saturated carbocycles. The third-order valence-electron chi connectivity index (χ3n) is 7.17. The highest BCUT2D eigenvalue weighted by Crippen LogP contribution is 2.38. The van der Waals surface area contributed by atoms with Crippen molar-refractivity contribution in [2.24, 2.45) is 0 Å². The van der Waals surface area contributed by atoms with Crippen LogP contribution in [-0.4, -0.2) is 57.2 Å². The maximum Gasteiger partial charge on any atom is 0.266 e. The van der Waals surface area contributed by atoms with Crippen molar-refractivity contribution in [1.82, 2.24) is 19.4 Å². The normalized spacial score (nSPS) is 16.2. The van der Waals surface area contributed by atoms with Gasteiger partial charge in [0.1, 0.15) is 11.6 Å². The second-order valence-corrected chi connectivity index (χ2v) is 9.60. The summed E-state index contributed by atoms with van der Waals surface area (Å²) in [6.07, 6.45) is 2.78. The van der Waals surface area contributed by atoms with E-state index in [4.69, 9.17) is 4.98 Å². The molecule has 1 aromatic heterocycles. The first-order valence-electron chi connectivity index (χ1n) is 11.9. The zero-order valence-electron chi connectivity index (χ0n) is 19.7. The Balaban J connectivity index is 2.00. The van der Waals surface area contributed by atoms with E-state index in [0.717, 1.165) is 63.3 Å². The van der Waals surface area contributed by atoms with Crippen LogP contribution in [0.5, 0.6) is 5.75 Å². The van der Waals surface area contributed by atoms with E-state index in [1.165, 1.54) is 0 Å². The van der Waals surface area contributed by atoms with Gasteiger partial charge in [-0.25, -0.2) is 4.98 Å². The second kappa shape index (κ2) is 9.95. The molecule has 1 saturated heterocycles. The quantitative estimate of drug-likeness (QED) is 0.509. The predicted octanol–water partition coefficient (Wildman–Crippen LogP) is 4.90. The van der Waals surface area contributed by atoms with Gasteiger partial charge in [0.15, 0.2) is 0 Å². The first-order valence-corrected chi connectivity index (χ1v) is 12.7. The van der Waals surface area contributed by atoms with Gasteiger partial charge in [-0.2, -0.15) is 0 Å². The largest absolute Gasteiger partial charge is 0.508 e. The van der Waals surface area contributed by atoms with Crippen molar-refractivity contribution >= 4 is 26.8 Å². The Morgan fingerprint density at radius 1 is 1.03 bits per heavy atom. The minimum absolute atomic E-state index is 0.0849. The molecule has 2 heterocycles. The molecule has 0 spiro atoms. The number of aromatic hydroxyl groups is 1. The van der Waals surface area contributed by atoms with E-state index in [1.807, 2.05) is 24.3 Å². The summed E-state index contributed by atoms with van der Waals surface area (Å²) >= 11 is 3.58. The highest BCUT2D eigenvalue weighted by molar-refractivity contribution is 9.10. The van der Waals surface area contributed by atoms with Crippen LogP contribution in [0.4, 0.5) is 0 Å². The van der Waals surface area contributed by atoms with Crippen LogP contribution in [0.3, 0.4) is 0 Å². The highest BCUT2D eigenvalue weighted by atomic mass is 79.9. The van der Waals surface area contributed by atoms with E-state index in [2.05, 4.69) is 46.5 Å². The number of halogens is 1. The minimum atomic E-state index is -0.385.